The second-order valence-corrected chi connectivity index (χ2v) is 9.62. The normalized spacial score (nSPS) is 11.1. The van der Waals surface area contributed by atoms with Crippen molar-refractivity contribution in [2.45, 2.75) is 39.9 Å². The molecule has 4 aromatic rings. The lowest BCUT2D eigenvalue weighted by molar-refractivity contribution is -0.141. The molecular weight excluding hydrogens is 581 g/mol. The Bertz CT molecular complexity index is 1590. The average Bonchev–Trinajstić information content (AvgIpc) is 3.61. The zero-order valence-electron chi connectivity index (χ0n) is 24.6. The zero-order chi connectivity index (χ0) is 32.3. The number of halogens is 3. The largest absolute Gasteiger partial charge is 0.483 e. The Labute approximate surface area is 251 Å². The van der Waals surface area contributed by atoms with Gasteiger partial charge in [-0.05, 0) is 44.0 Å². The molecule has 1 aromatic carbocycles. The van der Waals surface area contributed by atoms with Gasteiger partial charge in [0.1, 0.15) is 0 Å². The van der Waals surface area contributed by atoms with Gasteiger partial charge in [0.15, 0.2) is 17.2 Å². The molecule has 3 aromatic heterocycles. The fourth-order valence-corrected chi connectivity index (χ4v) is 4.23. The molecular formula is C29H35F3N8O4. The van der Waals surface area contributed by atoms with E-state index in [4.69, 9.17) is 20.4 Å². The molecule has 44 heavy (non-hydrogen) atoms. The number of hydrogen-bond donors (Lipinski definition) is 4. The molecule has 0 saturated heterocycles. The minimum absolute atomic E-state index is 0.0821. The first kappa shape index (κ1) is 33.7. The summed E-state index contributed by atoms with van der Waals surface area (Å²) in [6.07, 6.45) is 3.54. The van der Waals surface area contributed by atoms with E-state index in [2.05, 4.69) is 25.7 Å². The van der Waals surface area contributed by atoms with Crippen molar-refractivity contribution in [1.82, 2.24) is 29.5 Å². The summed E-state index contributed by atoms with van der Waals surface area (Å²) >= 11 is 0. The smallest absolute Gasteiger partial charge is 0.435 e. The van der Waals surface area contributed by atoms with Gasteiger partial charge in [-0.1, -0.05) is 18.6 Å². The number of nitrogens with one attached hydrogen (secondary N) is 2. The lowest BCUT2D eigenvalue weighted by Crippen LogP contribution is -2.28. The zero-order valence-corrected chi connectivity index (χ0v) is 24.6. The Hall–Kier alpha value is -4.76. The van der Waals surface area contributed by atoms with Crippen LogP contribution < -0.4 is 16.4 Å². The number of carbonyl (C=O) groups excluding carboxylic acids is 1. The maximum absolute atomic E-state index is 13.9. The van der Waals surface area contributed by atoms with E-state index in [0.29, 0.717) is 55.4 Å². The van der Waals surface area contributed by atoms with E-state index < -0.39 is 11.9 Å². The lowest BCUT2D eigenvalue weighted by atomic mass is 10.0. The molecule has 15 heteroatoms. The molecule has 0 aliphatic rings. The summed E-state index contributed by atoms with van der Waals surface area (Å²) in [6, 6.07) is 5.29. The first-order valence-electron chi connectivity index (χ1n) is 13.7. The van der Waals surface area contributed by atoms with Gasteiger partial charge in [-0.15, -0.1) is 0 Å². The SMILES string of the molecule is CCc1cc(Nc2nccn3c(-c4cn(CC=C(C)C)nc4C(F)(F)F)cnc23)ccc1C(=O)NCCOCCN.O=CO. The Kier molecular flexibility index (Phi) is 12.0. The third kappa shape index (κ3) is 8.64. The molecule has 3 heterocycles. The molecule has 4 rings (SSSR count). The summed E-state index contributed by atoms with van der Waals surface area (Å²) in [5, 5.41) is 16.7. The highest BCUT2D eigenvalue weighted by Gasteiger charge is 2.38. The van der Waals surface area contributed by atoms with Gasteiger partial charge >= 0.3 is 6.18 Å². The molecule has 0 unspecified atom stereocenters. The van der Waals surface area contributed by atoms with Crippen molar-refractivity contribution in [3.63, 3.8) is 0 Å². The maximum atomic E-state index is 13.9. The van der Waals surface area contributed by atoms with Crippen molar-refractivity contribution < 1.29 is 32.6 Å². The first-order chi connectivity index (χ1) is 21.0. The van der Waals surface area contributed by atoms with Crippen molar-refractivity contribution in [1.29, 1.82) is 0 Å². The quantitative estimate of drug-likeness (QED) is 0.103. The van der Waals surface area contributed by atoms with Crippen molar-refractivity contribution in [2.75, 3.05) is 31.6 Å². The third-order valence-electron chi connectivity index (χ3n) is 6.21. The van der Waals surface area contributed by atoms with Gasteiger partial charge in [-0.2, -0.15) is 18.3 Å². The van der Waals surface area contributed by atoms with E-state index in [1.165, 1.54) is 23.3 Å². The average molecular weight is 617 g/mol. The minimum Gasteiger partial charge on any atom is -0.483 e. The number of rotatable bonds is 12. The fraction of sp³-hybridized carbons (Fsp3) is 0.345. The minimum atomic E-state index is -4.65. The van der Waals surface area contributed by atoms with Crippen molar-refractivity contribution >= 4 is 29.5 Å². The van der Waals surface area contributed by atoms with Crippen LogP contribution in [0.5, 0.6) is 0 Å². The molecule has 1 amide bonds. The number of carbonyl (C=O) groups is 2. The second kappa shape index (κ2) is 15.6. The Morgan fingerprint density at radius 3 is 2.61 bits per heavy atom. The van der Waals surface area contributed by atoms with Gasteiger partial charge < -0.3 is 26.2 Å². The number of amides is 1. The molecule has 5 N–H and O–H groups in total. The lowest BCUT2D eigenvalue weighted by Gasteiger charge is -2.13. The number of imidazole rings is 1. The van der Waals surface area contributed by atoms with Crippen molar-refractivity contribution in [2.24, 2.45) is 5.73 Å². The van der Waals surface area contributed by atoms with Crippen LogP contribution in [0.3, 0.4) is 0 Å². The Morgan fingerprint density at radius 2 is 1.95 bits per heavy atom. The van der Waals surface area contributed by atoms with Gasteiger partial charge in [-0.25, -0.2) is 9.97 Å². The fourth-order valence-electron chi connectivity index (χ4n) is 4.23. The highest BCUT2D eigenvalue weighted by molar-refractivity contribution is 5.96. The van der Waals surface area contributed by atoms with Crippen LogP contribution >= 0.6 is 0 Å². The predicted octanol–water partition coefficient (Wildman–Crippen LogP) is 4.29. The third-order valence-corrected chi connectivity index (χ3v) is 6.21. The highest BCUT2D eigenvalue weighted by atomic mass is 19.4. The summed E-state index contributed by atoms with van der Waals surface area (Å²) in [7, 11) is 0. The summed E-state index contributed by atoms with van der Waals surface area (Å²) in [6.45, 7) is 7.22. The van der Waals surface area contributed by atoms with E-state index >= 15 is 0 Å². The topological polar surface area (TPSA) is 162 Å². The number of anilines is 2. The number of hydrogen-bond acceptors (Lipinski definition) is 8. The summed E-state index contributed by atoms with van der Waals surface area (Å²) < 4.78 is 49.8. The van der Waals surface area contributed by atoms with Gasteiger partial charge in [0.05, 0.1) is 37.2 Å². The molecule has 0 saturated carbocycles. The summed E-state index contributed by atoms with van der Waals surface area (Å²) in [4.78, 5) is 29.8. The second-order valence-electron chi connectivity index (χ2n) is 9.62. The Balaban J connectivity index is 0.00000169. The van der Waals surface area contributed by atoms with Crippen molar-refractivity contribution in [3.05, 3.63) is 71.5 Å². The van der Waals surface area contributed by atoms with Crippen LogP contribution in [0.25, 0.3) is 16.9 Å². The maximum Gasteiger partial charge on any atom is 0.435 e. The number of aryl methyl sites for hydroxylation is 1. The first-order valence-corrected chi connectivity index (χ1v) is 13.7. The Morgan fingerprint density at radius 1 is 1.20 bits per heavy atom. The number of aromatic nitrogens is 5. The van der Waals surface area contributed by atoms with Crippen LogP contribution in [-0.4, -0.2) is 67.9 Å². The van der Waals surface area contributed by atoms with E-state index in [0.717, 1.165) is 11.1 Å². The van der Waals surface area contributed by atoms with Crippen LogP contribution in [0.15, 0.2) is 54.6 Å². The number of benzene rings is 1. The van der Waals surface area contributed by atoms with E-state index in [9.17, 15) is 18.0 Å². The highest BCUT2D eigenvalue weighted by Crippen LogP contribution is 2.37. The van der Waals surface area contributed by atoms with Crippen LogP contribution in [0.4, 0.5) is 24.7 Å². The molecule has 0 radical (unpaired) electrons. The van der Waals surface area contributed by atoms with Crippen LogP contribution in [0.1, 0.15) is 42.4 Å². The number of allylic oxidation sites excluding steroid dienone is 2. The standard InChI is InChI=1S/C28H33F3N8O2.CH2O2/c1-4-19-15-20(5-6-21(19)27(40)34-10-14-41-13-8-32)36-25-26-35-16-23(39(26)12-9-33-25)22-17-38(11-7-18(2)3)37-24(22)28(29,30)31;2-1-3/h5-7,9,12,15-17H,4,8,10-11,13-14,32H2,1-3H3,(H,33,36)(H,34,40);1H,(H,2,3). The number of nitrogens with zero attached hydrogens (tertiary/aromatic N) is 5. The van der Waals surface area contributed by atoms with Gasteiger partial charge in [0.2, 0.25) is 0 Å². The predicted molar refractivity (Wildman–Crippen MR) is 159 cm³/mol. The van der Waals surface area contributed by atoms with Gasteiger partial charge in [0, 0.05) is 42.9 Å². The number of ether oxygens (including phenoxy) is 1. The van der Waals surface area contributed by atoms with Crippen LogP contribution in [0, 0.1) is 0 Å². The number of fused-ring (bicyclic) bond motifs is 1. The molecule has 12 nitrogen and oxygen atoms in total. The molecule has 0 aliphatic heterocycles. The van der Waals surface area contributed by atoms with E-state index in [1.807, 2.05) is 26.8 Å². The summed E-state index contributed by atoms with van der Waals surface area (Å²) in [5.74, 6) is 0.133. The van der Waals surface area contributed by atoms with Gasteiger partial charge in [-0.3, -0.25) is 18.7 Å². The van der Waals surface area contributed by atoms with E-state index in [1.54, 1.807) is 28.8 Å². The van der Waals surface area contributed by atoms with Gasteiger partial charge in [0.25, 0.3) is 12.4 Å². The van der Waals surface area contributed by atoms with Crippen LogP contribution in [-0.2, 0) is 28.7 Å². The molecule has 0 fully saturated rings. The molecule has 0 atom stereocenters. The molecule has 0 bridgehead atoms. The van der Waals surface area contributed by atoms with Crippen LogP contribution in [0.2, 0.25) is 0 Å². The molecule has 0 spiro atoms. The number of nitrogens with two attached hydrogens (primary N) is 1. The number of alkyl halides is 3. The monoisotopic (exact) mass is 616 g/mol. The molecule has 236 valence electrons. The summed E-state index contributed by atoms with van der Waals surface area (Å²) in [5.41, 5.74) is 7.87. The molecule has 0 aliphatic carbocycles. The van der Waals surface area contributed by atoms with Crippen molar-refractivity contribution in [3.8, 4) is 11.3 Å². The number of carboxylic acid groups (broad SMARTS) is 1. The van der Waals surface area contributed by atoms with E-state index in [-0.39, 0.29) is 30.2 Å².